The first-order chi connectivity index (χ1) is 10.2. The number of para-hydroxylation sites is 2. The van der Waals surface area contributed by atoms with E-state index in [1.54, 1.807) is 6.07 Å². The van der Waals surface area contributed by atoms with E-state index in [0.717, 1.165) is 11.1 Å². The Hall–Kier alpha value is -1.97. The Bertz CT molecular complexity index is 721. The predicted octanol–water partition coefficient (Wildman–Crippen LogP) is 4.59. The molecular weight excluding hydrogens is 288 g/mol. The highest BCUT2D eigenvalue weighted by molar-refractivity contribution is 6.34. The third-order valence-corrected chi connectivity index (χ3v) is 3.54. The smallest absolute Gasteiger partial charge is 0.152 e. The first-order valence-corrected chi connectivity index (χ1v) is 7.16. The molecule has 21 heavy (non-hydrogen) atoms. The van der Waals surface area contributed by atoms with Gasteiger partial charge in [0.25, 0.3) is 0 Å². The van der Waals surface area contributed by atoms with Gasteiger partial charge in [0.2, 0.25) is 0 Å². The van der Waals surface area contributed by atoms with Crippen molar-refractivity contribution in [2.24, 2.45) is 0 Å². The molecule has 1 unspecified atom stereocenters. The average Bonchev–Trinajstić information content (AvgIpc) is 2.94. The van der Waals surface area contributed by atoms with Gasteiger partial charge in [-0.2, -0.15) is 0 Å². The van der Waals surface area contributed by atoms with Crippen LogP contribution in [0.2, 0.25) is 5.02 Å². The molecule has 0 aliphatic carbocycles. The van der Waals surface area contributed by atoms with Crippen LogP contribution in [-0.4, -0.2) is 11.7 Å². The maximum atomic E-state index is 10.2. The largest absolute Gasteiger partial charge is 0.493 e. The number of halogens is 1. The SMILES string of the molecule is OC(CCOc1ccccc1)c1cc2cccc(Cl)c2o1. The molecule has 2 aromatic carbocycles. The second-order valence-electron chi connectivity index (χ2n) is 4.77. The molecule has 0 bridgehead atoms. The summed E-state index contributed by atoms with van der Waals surface area (Å²) < 4.78 is 11.2. The van der Waals surface area contributed by atoms with Crippen LogP contribution >= 0.6 is 11.6 Å². The van der Waals surface area contributed by atoms with Gasteiger partial charge in [-0.05, 0) is 24.3 Å². The van der Waals surface area contributed by atoms with Crippen LogP contribution < -0.4 is 4.74 Å². The summed E-state index contributed by atoms with van der Waals surface area (Å²) in [5.74, 6) is 1.30. The summed E-state index contributed by atoms with van der Waals surface area (Å²) in [5, 5.41) is 11.6. The van der Waals surface area contributed by atoms with Gasteiger partial charge in [0.1, 0.15) is 17.6 Å². The van der Waals surface area contributed by atoms with Crippen molar-refractivity contribution in [1.29, 1.82) is 0 Å². The molecule has 3 nitrogen and oxygen atoms in total. The fraction of sp³-hybridized carbons (Fsp3) is 0.176. The summed E-state index contributed by atoms with van der Waals surface area (Å²) in [7, 11) is 0. The number of aliphatic hydroxyl groups excluding tert-OH is 1. The third kappa shape index (κ3) is 3.20. The van der Waals surface area contributed by atoms with Gasteiger partial charge in [-0.25, -0.2) is 0 Å². The average molecular weight is 303 g/mol. The fourth-order valence-electron chi connectivity index (χ4n) is 2.16. The molecule has 0 aliphatic heterocycles. The Balaban J connectivity index is 1.64. The number of furan rings is 1. The van der Waals surface area contributed by atoms with Crippen LogP contribution in [0.15, 0.2) is 59.0 Å². The van der Waals surface area contributed by atoms with Gasteiger partial charge in [-0.1, -0.05) is 41.9 Å². The lowest BCUT2D eigenvalue weighted by atomic mass is 10.2. The molecule has 4 heteroatoms. The monoisotopic (exact) mass is 302 g/mol. The number of aliphatic hydroxyl groups is 1. The zero-order chi connectivity index (χ0) is 14.7. The molecule has 1 heterocycles. The Kier molecular flexibility index (Phi) is 4.13. The van der Waals surface area contributed by atoms with Gasteiger partial charge in [-0.3, -0.25) is 0 Å². The topological polar surface area (TPSA) is 42.6 Å². The van der Waals surface area contributed by atoms with E-state index in [4.69, 9.17) is 20.8 Å². The fourth-order valence-corrected chi connectivity index (χ4v) is 2.38. The molecule has 0 radical (unpaired) electrons. The number of rotatable bonds is 5. The number of benzene rings is 2. The molecule has 0 saturated carbocycles. The third-order valence-electron chi connectivity index (χ3n) is 3.25. The molecule has 0 fully saturated rings. The highest BCUT2D eigenvalue weighted by Crippen LogP contribution is 2.30. The van der Waals surface area contributed by atoms with E-state index >= 15 is 0 Å². The van der Waals surface area contributed by atoms with Gasteiger partial charge in [0.15, 0.2) is 5.58 Å². The van der Waals surface area contributed by atoms with Crippen molar-refractivity contribution in [2.75, 3.05) is 6.61 Å². The molecule has 108 valence electrons. The van der Waals surface area contributed by atoms with Crippen molar-refractivity contribution in [3.63, 3.8) is 0 Å². The molecule has 0 spiro atoms. The Labute approximate surface area is 127 Å². The molecule has 3 aromatic rings. The Morgan fingerprint density at radius 3 is 2.67 bits per heavy atom. The second kappa shape index (κ2) is 6.20. The van der Waals surface area contributed by atoms with Crippen molar-refractivity contribution in [1.82, 2.24) is 0 Å². The lowest BCUT2D eigenvalue weighted by Crippen LogP contribution is -2.04. The second-order valence-corrected chi connectivity index (χ2v) is 5.18. The minimum absolute atomic E-state index is 0.413. The maximum absolute atomic E-state index is 10.2. The molecule has 0 saturated heterocycles. The lowest BCUT2D eigenvalue weighted by Gasteiger charge is -2.09. The van der Waals surface area contributed by atoms with Crippen LogP contribution in [0.25, 0.3) is 11.0 Å². The van der Waals surface area contributed by atoms with Crippen molar-refractivity contribution in [3.05, 3.63) is 65.4 Å². The van der Waals surface area contributed by atoms with Gasteiger partial charge >= 0.3 is 0 Å². The van der Waals surface area contributed by atoms with E-state index in [1.807, 2.05) is 48.5 Å². The molecule has 1 atom stereocenters. The van der Waals surface area contributed by atoms with E-state index in [2.05, 4.69) is 0 Å². The Morgan fingerprint density at radius 1 is 1.10 bits per heavy atom. The van der Waals surface area contributed by atoms with Crippen molar-refractivity contribution < 1.29 is 14.3 Å². The Morgan fingerprint density at radius 2 is 1.90 bits per heavy atom. The normalized spacial score (nSPS) is 12.5. The molecule has 1 aromatic heterocycles. The van der Waals surface area contributed by atoms with Crippen molar-refractivity contribution >= 4 is 22.6 Å². The van der Waals surface area contributed by atoms with E-state index in [1.165, 1.54) is 0 Å². The zero-order valence-electron chi connectivity index (χ0n) is 11.3. The zero-order valence-corrected chi connectivity index (χ0v) is 12.1. The van der Waals surface area contributed by atoms with Crippen molar-refractivity contribution in [2.45, 2.75) is 12.5 Å². The van der Waals surface area contributed by atoms with Crippen LogP contribution in [0.5, 0.6) is 5.75 Å². The number of hydrogen-bond donors (Lipinski definition) is 1. The number of fused-ring (bicyclic) bond motifs is 1. The summed E-state index contributed by atoms with van der Waals surface area (Å²) in [4.78, 5) is 0. The van der Waals surface area contributed by atoms with E-state index in [0.29, 0.717) is 29.4 Å². The lowest BCUT2D eigenvalue weighted by molar-refractivity contribution is 0.120. The molecule has 0 amide bonds. The summed E-state index contributed by atoms with van der Waals surface area (Å²) in [6.45, 7) is 0.413. The van der Waals surface area contributed by atoms with Crippen LogP contribution in [0.1, 0.15) is 18.3 Å². The summed E-state index contributed by atoms with van der Waals surface area (Å²) in [6, 6.07) is 16.9. The molecule has 1 N–H and O–H groups in total. The molecule has 0 aliphatic rings. The van der Waals surface area contributed by atoms with Crippen LogP contribution in [0.4, 0.5) is 0 Å². The summed E-state index contributed by atoms with van der Waals surface area (Å²) in [5.41, 5.74) is 0.609. The van der Waals surface area contributed by atoms with Gasteiger partial charge < -0.3 is 14.3 Å². The number of ether oxygens (including phenoxy) is 1. The van der Waals surface area contributed by atoms with Crippen LogP contribution in [0, 0.1) is 0 Å². The van der Waals surface area contributed by atoms with E-state index < -0.39 is 6.10 Å². The quantitative estimate of drug-likeness (QED) is 0.749. The van der Waals surface area contributed by atoms with E-state index in [9.17, 15) is 5.11 Å². The van der Waals surface area contributed by atoms with Gasteiger partial charge in [-0.15, -0.1) is 0 Å². The van der Waals surface area contributed by atoms with E-state index in [-0.39, 0.29) is 0 Å². The minimum atomic E-state index is -0.711. The highest BCUT2D eigenvalue weighted by atomic mass is 35.5. The standard InChI is InChI=1S/C17H15ClO3/c18-14-8-4-5-12-11-16(21-17(12)14)15(19)9-10-20-13-6-2-1-3-7-13/h1-8,11,15,19H,9-10H2. The summed E-state index contributed by atoms with van der Waals surface area (Å²) in [6.07, 6.45) is -0.260. The first kappa shape index (κ1) is 14.0. The summed E-state index contributed by atoms with van der Waals surface area (Å²) >= 11 is 6.06. The number of hydrogen-bond acceptors (Lipinski definition) is 3. The van der Waals surface area contributed by atoms with Crippen LogP contribution in [0.3, 0.4) is 0 Å². The van der Waals surface area contributed by atoms with Gasteiger partial charge in [0.05, 0.1) is 11.6 Å². The molecule has 3 rings (SSSR count). The first-order valence-electron chi connectivity index (χ1n) is 6.78. The molecular formula is C17H15ClO3. The minimum Gasteiger partial charge on any atom is -0.493 e. The van der Waals surface area contributed by atoms with Gasteiger partial charge in [0, 0.05) is 11.8 Å². The highest BCUT2D eigenvalue weighted by Gasteiger charge is 2.14. The maximum Gasteiger partial charge on any atom is 0.152 e. The van der Waals surface area contributed by atoms with Crippen LogP contribution in [-0.2, 0) is 0 Å². The van der Waals surface area contributed by atoms with Crippen molar-refractivity contribution in [3.8, 4) is 5.75 Å². The predicted molar refractivity (Wildman–Crippen MR) is 82.7 cm³/mol.